The van der Waals surface area contributed by atoms with Crippen LogP contribution in [0.3, 0.4) is 0 Å². The summed E-state index contributed by atoms with van der Waals surface area (Å²) in [5.41, 5.74) is 2.61. The van der Waals surface area contributed by atoms with Gasteiger partial charge in [-0.2, -0.15) is 5.06 Å². The van der Waals surface area contributed by atoms with Crippen molar-refractivity contribution >= 4 is 40.4 Å². The lowest BCUT2D eigenvalue weighted by atomic mass is 9.62. The summed E-state index contributed by atoms with van der Waals surface area (Å²) in [6.07, 6.45) is -1.52. The van der Waals surface area contributed by atoms with Crippen LogP contribution in [0.25, 0.3) is 0 Å². The molecule has 11 nitrogen and oxygen atoms in total. The molecular formula is C37H38IN3O8. The van der Waals surface area contributed by atoms with Gasteiger partial charge < -0.3 is 29.5 Å². The zero-order valence-corrected chi connectivity index (χ0v) is 29.2. The number of aliphatic hydroxyl groups is 1. The topological polar surface area (TPSA) is 127 Å². The van der Waals surface area contributed by atoms with Gasteiger partial charge >= 0.3 is 5.97 Å². The van der Waals surface area contributed by atoms with Gasteiger partial charge in [0, 0.05) is 42.8 Å². The standard InChI is InChI=1S/C37H38IN3O8/c1-40(27(33(43)39-15-16-42)17-22-7-3-2-4-8-22)35(45)37-20-28-29-30(48-36(47-29)18-24-9-5-6-10-25(24)19-36)32(37)49-41(31(37)34(44)46-28)21-23-11-13-26(38)14-12-23/h2-14,27-32,42H,15-21H2,1H3,(H,39,43). The van der Waals surface area contributed by atoms with Crippen molar-refractivity contribution in [3.8, 4) is 0 Å². The molecule has 256 valence electrons. The Balaban J connectivity index is 1.18. The summed E-state index contributed by atoms with van der Waals surface area (Å²) in [6, 6.07) is 23.5. The molecule has 2 N–H and O–H groups in total. The number of benzene rings is 3. The number of carbonyl (C=O) groups excluding carboxylic acids is 3. The third-order valence-corrected chi connectivity index (χ3v) is 11.4. The number of nitrogens with zero attached hydrogens (tertiary/aromatic N) is 2. The number of likely N-dealkylation sites (N-methyl/N-ethyl adjacent to an activating group) is 1. The van der Waals surface area contributed by atoms with E-state index < -0.39 is 65.5 Å². The van der Waals surface area contributed by atoms with E-state index in [0.717, 1.165) is 25.8 Å². The lowest BCUT2D eigenvalue weighted by molar-refractivity contribution is -0.218. The average molecular weight is 780 g/mol. The molecule has 1 saturated carbocycles. The Morgan fingerprint density at radius 2 is 1.65 bits per heavy atom. The van der Waals surface area contributed by atoms with Crippen molar-refractivity contribution in [2.75, 3.05) is 20.2 Å². The predicted molar refractivity (Wildman–Crippen MR) is 183 cm³/mol. The number of hydrogen-bond acceptors (Lipinski definition) is 9. The first-order valence-electron chi connectivity index (χ1n) is 16.7. The van der Waals surface area contributed by atoms with Crippen LogP contribution in [0.5, 0.6) is 0 Å². The largest absolute Gasteiger partial charge is 0.458 e. The van der Waals surface area contributed by atoms with Crippen LogP contribution in [0.4, 0.5) is 0 Å². The minimum Gasteiger partial charge on any atom is -0.458 e. The second-order valence-electron chi connectivity index (χ2n) is 13.7. The first-order chi connectivity index (χ1) is 23.7. The summed E-state index contributed by atoms with van der Waals surface area (Å²) in [5, 5.41) is 13.8. The molecule has 4 fully saturated rings. The van der Waals surface area contributed by atoms with Crippen molar-refractivity contribution in [1.29, 1.82) is 0 Å². The Labute approximate surface area is 297 Å². The number of aliphatic hydroxyl groups excluding tert-OH is 1. The van der Waals surface area contributed by atoms with Gasteiger partial charge in [0.05, 0.1) is 13.2 Å². The summed E-state index contributed by atoms with van der Waals surface area (Å²) in [5.74, 6) is -2.33. The molecule has 3 aromatic carbocycles. The third kappa shape index (κ3) is 5.56. The molecular weight excluding hydrogens is 741 g/mol. The van der Waals surface area contributed by atoms with Gasteiger partial charge in [-0.25, -0.2) is 0 Å². The number of carbonyl (C=O) groups is 3. The van der Waals surface area contributed by atoms with Crippen molar-refractivity contribution in [3.05, 3.63) is 105 Å². The van der Waals surface area contributed by atoms with Crippen LogP contribution in [0.1, 0.15) is 28.7 Å². The number of hydrogen-bond donors (Lipinski definition) is 2. The summed E-state index contributed by atoms with van der Waals surface area (Å²) in [7, 11) is 1.61. The highest BCUT2D eigenvalue weighted by atomic mass is 127. The molecule has 7 atom stereocenters. The molecule has 1 spiro atoms. The lowest BCUT2D eigenvalue weighted by Gasteiger charge is -2.50. The number of esters is 1. The van der Waals surface area contributed by atoms with Gasteiger partial charge in [0.25, 0.3) is 0 Å². The van der Waals surface area contributed by atoms with E-state index >= 15 is 4.79 Å². The van der Waals surface area contributed by atoms with Gasteiger partial charge in [-0.15, -0.1) is 0 Å². The smallest absolute Gasteiger partial charge is 0.327 e. The monoisotopic (exact) mass is 779 g/mol. The number of rotatable bonds is 9. The van der Waals surface area contributed by atoms with E-state index in [9.17, 15) is 14.7 Å². The highest BCUT2D eigenvalue weighted by Gasteiger charge is 2.77. The summed E-state index contributed by atoms with van der Waals surface area (Å²) >= 11 is 2.24. The van der Waals surface area contributed by atoms with E-state index in [1.165, 1.54) is 4.90 Å². The van der Waals surface area contributed by atoms with Gasteiger partial charge in [-0.3, -0.25) is 19.2 Å². The van der Waals surface area contributed by atoms with Crippen molar-refractivity contribution in [1.82, 2.24) is 15.3 Å². The fourth-order valence-corrected chi connectivity index (χ4v) is 8.88. The van der Waals surface area contributed by atoms with E-state index in [2.05, 4.69) is 40.0 Å². The maximum absolute atomic E-state index is 15.3. The predicted octanol–water partition coefficient (Wildman–Crippen LogP) is 2.55. The molecule has 3 aromatic rings. The maximum Gasteiger partial charge on any atom is 0.327 e. The molecule has 49 heavy (non-hydrogen) atoms. The minimum atomic E-state index is -1.42. The molecule has 3 heterocycles. The van der Waals surface area contributed by atoms with Crippen LogP contribution < -0.4 is 5.32 Å². The molecule has 2 aliphatic carbocycles. The molecule has 0 aromatic heterocycles. The quantitative estimate of drug-likeness (QED) is 0.249. The van der Waals surface area contributed by atoms with Crippen molar-refractivity contribution in [3.63, 3.8) is 0 Å². The van der Waals surface area contributed by atoms with E-state index in [4.69, 9.17) is 19.0 Å². The van der Waals surface area contributed by atoms with Gasteiger partial charge in [0.1, 0.15) is 35.9 Å². The molecule has 5 aliphatic rings. The molecule has 3 aliphatic heterocycles. The fraction of sp³-hybridized carbons (Fsp3) is 0.432. The third-order valence-electron chi connectivity index (χ3n) is 10.7. The van der Waals surface area contributed by atoms with Crippen molar-refractivity contribution in [2.24, 2.45) is 5.41 Å². The number of halogens is 1. The number of nitrogens with one attached hydrogen (secondary N) is 1. The van der Waals surface area contributed by atoms with Gasteiger partial charge in [-0.05, 0) is 57.0 Å². The molecule has 2 bridgehead atoms. The molecule has 12 heteroatoms. The van der Waals surface area contributed by atoms with Crippen LogP contribution >= 0.6 is 22.6 Å². The first-order valence-corrected chi connectivity index (χ1v) is 17.8. The van der Waals surface area contributed by atoms with E-state index in [1.807, 2.05) is 66.7 Å². The average Bonchev–Trinajstić information content (AvgIpc) is 3.78. The Kier molecular flexibility index (Phi) is 8.52. The SMILES string of the molecule is CN(C(=O)C12CC3OC(=O)C1N(Cc1ccc(I)cc1)OC2C1OC2(Cc4ccccc4C2)OC31)C(Cc1ccccc1)C(=O)NCCO. The zero-order chi connectivity index (χ0) is 33.9. The van der Waals surface area contributed by atoms with Crippen LogP contribution in [0, 0.1) is 8.99 Å². The molecule has 0 radical (unpaired) electrons. The summed E-state index contributed by atoms with van der Waals surface area (Å²) in [6.45, 7) is 0.0372. The molecule has 8 rings (SSSR count). The minimum absolute atomic E-state index is 0.0449. The van der Waals surface area contributed by atoms with Crippen LogP contribution in [-0.2, 0) is 59.2 Å². The highest BCUT2D eigenvalue weighted by Crippen LogP contribution is 2.59. The van der Waals surface area contributed by atoms with Crippen LogP contribution in [0.2, 0.25) is 0 Å². The number of hydroxylamine groups is 2. The van der Waals surface area contributed by atoms with Gasteiger partial charge in [-0.1, -0.05) is 66.7 Å². The van der Waals surface area contributed by atoms with Crippen molar-refractivity contribution in [2.45, 2.75) is 74.5 Å². The fourth-order valence-electron chi connectivity index (χ4n) is 8.52. The first kappa shape index (κ1) is 32.8. The Morgan fingerprint density at radius 3 is 2.35 bits per heavy atom. The second kappa shape index (κ2) is 12.7. The Bertz CT molecular complexity index is 1730. The van der Waals surface area contributed by atoms with Crippen molar-refractivity contribution < 1.29 is 38.5 Å². The number of amides is 2. The lowest BCUT2D eigenvalue weighted by Crippen LogP contribution is -2.70. The zero-order valence-electron chi connectivity index (χ0n) is 27.0. The number of ether oxygens (including phenoxy) is 3. The number of fused-ring (bicyclic) bond motifs is 5. The van der Waals surface area contributed by atoms with Gasteiger partial charge in [0.15, 0.2) is 11.8 Å². The summed E-state index contributed by atoms with van der Waals surface area (Å²) < 4.78 is 20.8. The van der Waals surface area contributed by atoms with E-state index in [-0.39, 0.29) is 32.5 Å². The second-order valence-corrected chi connectivity index (χ2v) is 14.9. The molecule has 2 amide bonds. The maximum atomic E-state index is 15.3. The molecule has 3 saturated heterocycles. The molecule has 7 unspecified atom stereocenters. The Morgan fingerprint density at radius 1 is 0.980 bits per heavy atom. The van der Waals surface area contributed by atoms with Gasteiger partial charge in [0.2, 0.25) is 11.8 Å². The normalized spacial score (nSPS) is 29.6. The Hall–Kier alpha value is -3.40. The van der Waals surface area contributed by atoms with E-state index in [0.29, 0.717) is 12.8 Å². The van der Waals surface area contributed by atoms with Crippen LogP contribution in [0.15, 0.2) is 78.9 Å². The highest BCUT2D eigenvalue weighted by molar-refractivity contribution is 14.1. The van der Waals surface area contributed by atoms with E-state index in [1.54, 1.807) is 12.1 Å². The summed E-state index contributed by atoms with van der Waals surface area (Å²) in [4.78, 5) is 51.2. The van der Waals surface area contributed by atoms with Crippen LogP contribution in [-0.4, -0.2) is 95.3 Å².